The molecular formula is C9H11FeN. The van der Waals surface area contributed by atoms with Gasteiger partial charge in [0, 0.05) is 0 Å². The molecule has 0 aromatic heterocycles. The maximum atomic E-state index is 3.95. The van der Waals surface area contributed by atoms with Crippen LogP contribution in [-0.4, -0.2) is 23.5 Å². The predicted molar refractivity (Wildman–Crippen MR) is 44.2 cm³/mol. The fraction of sp³-hybridized carbons (Fsp3) is 0.222. The number of hydrogen-bond donors (Lipinski definition) is 0. The van der Waals surface area contributed by atoms with E-state index in [0.29, 0.717) is 0 Å². The SMILES string of the molecule is CN(C)[C](=[Fe])c1ccccc1. The number of benzene rings is 1. The van der Waals surface area contributed by atoms with E-state index in [-0.39, 0.29) is 0 Å². The molecule has 60 valence electrons. The van der Waals surface area contributed by atoms with Crippen molar-refractivity contribution in [3.8, 4) is 0 Å². The van der Waals surface area contributed by atoms with Gasteiger partial charge < -0.3 is 0 Å². The molecule has 1 rings (SSSR count). The first-order valence-electron chi connectivity index (χ1n) is 3.46. The number of nitrogens with zero attached hydrogens (tertiary/aromatic N) is 1. The fourth-order valence-electron chi connectivity index (χ4n) is 0.830. The first kappa shape index (κ1) is 8.66. The second-order valence-electron chi connectivity index (χ2n) is 2.54. The van der Waals surface area contributed by atoms with E-state index in [2.05, 4.69) is 27.7 Å². The average molecular weight is 189 g/mol. The molecule has 2 heteroatoms. The summed E-state index contributed by atoms with van der Waals surface area (Å²) < 4.78 is 1.05. The van der Waals surface area contributed by atoms with Gasteiger partial charge in [-0.25, -0.2) is 0 Å². The van der Waals surface area contributed by atoms with Gasteiger partial charge in [-0.15, -0.1) is 0 Å². The van der Waals surface area contributed by atoms with Crippen molar-refractivity contribution in [1.82, 2.24) is 4.90 Å². The Labute approximate surface area is 75.4 Å². The van der Waals surface area contributed by atoms with Crippen molar-refractivity contribution in [2.45, 2.75) is 0 Å². The van der Waals surface area contributed by atoms with Crippen molar-refractivity contribution >= 4 is 4.54 Å². The van der Waals surface area contributed by atoms with Gasteiger partial charge in [0.1, 0.15) is 0 Å². The van der Waals surface area contributed by atoms with E-state index in [1.165, 1.54) is 5.56 Å². The zero-order valence-electron chi connectivity index (χ0n) is 6.69. The Morgan fingerprint density at radius 2 is 1.73 bits per heavy atom. The topological polar surface area (TPSA) is 3.24 Å². The van der Waals surface area contributed by atoms with Crippen LogP contribution in [-0.2, 0) is 15.6 Å². The second-order valence-corrected chi connectivity index (χ2v) is 3.06. The molecule has 0 aliphatic carbocycles. The average Bonchev–Trinajstić information content (AvgIpc) is 2.05. The molecule has 1 aromatic carbocycles. The van der Waals surface area contributed by atoms with Gasteiger partial charge in [0.15, 0.2) is 0 Å². The van der Waals surface area contributed by atoms with Gasteiger partial charge in [-0.05, 0) is 0 Å². The summed E-state index contributed by atoms with van der Waals surface area (Å²) in [6.45, 7) is 0. The number of rotatable bonds is 2. The van der Waals surface area contributed by atoms with Crippen molar-refractivity contribution in [2.75, 3.05) is 14.1 Å². The molecule has 0 fully saturated rings. The molecule has 11 heavy (non-hydrogen) atoms. The Bertz CT molecular complexity index is 241. The van der Waals surface area contributed by atoms with Crippen LogP contribution in [0.4, 0.5) is 0 Å². The van der Waals surface area contributed by atoms with Crippen LogP contribution in [0, 0.1) is 0 Å². The first-order chi connectivity index (χ1) is 5.22. The predicted octanol–water partition coefficient (Wildman–Crippen LogP) is 1.27. The van der Waals surface area contributed by atoms with Crippen molar-refractivity contribution in [3.63, 3.8) is 0 Å². The molecule has 0 spiro atoms. The number of hydrogen-bond acceptors (Lipinski definition) is 1. The Morgan fingerprint density at radius 3 is 2.18 bits per heavy atom. The van der Waals surface area contributed by atoms with Gasteiger partial charge in [0.05, 0.1) is 0 Å². The molecule has 0 saturated heterocycles. The fourth-order valence-corrected chi connectivity index (χ4v) is 1.01. The Morgan fingerprint density at radius 1 is 1.18 bits per heavy atom. The third-order valence-electron chi connectivity index (χ3n) is 1.39. The normalized spacial score (nSPS) is 10.2. The molecule has 0 atom stereocenters. The third-order valence-corrected chi connectivity index (χ3v) is 2.20. The van der Waals surface area contributed by atoms with Gasteiger partial charge in [-0.1, -0.05) is 0 Å². The molecule has 0 heterocycles. The van der Waals surface area contributed by atoms with Gasteiger partial charge >= 0.3 is 75.0 Å². The Balaban J connectivity index is 2.86. The molecule has 0 bridgehead atoms. The Kier molecular flexibility index (Phi) is 3.01. The van der Waals surface area contributed by atoms with Gasteiger partial charge in [-0.2, -0.15) is 0 Å². The summed E-state index contributed by atoms with van der Waals surface area (Å²) in [6.07, 6.45) is 0. The molecule has 1 aromatic rings. The van der Waals surface area contributed by atoms with Crippen molar-refractivity contribution in [3.05, 3.63) is 35.9 Å². The van der Waals surface area contributed by atoms with Crippen molar-refractivity contribution < 1.29 is 15.6 Å². The summed E-state index contributed by atoms with van der Waals surface area (Å²) in [6, 6.07) is 10.2. The van der Waals surface area contributed by atoms with Crippen LogP contribution < -0.4 is 0 Å². The molecule has 0 aliphatic heterocycles. The van der Waals surface area contributed by atoms with Crippen molar-refractivity contribution in [1.29, 1.82) is 0 Å². The minimum atomic E-state index is 1.05. The summed E-state index contributed by atoms with van der Waals surface area (Å²) in [5.74, 6) is 0. The van der Waals surface area contributed by atoms with Crippen LogP contribution in [0.1, 0.15) is 5.56 Å². The van der Waals surface area contributed by atoms with E-state index < -0.39 is 0 Å². The molecule has 0 saturated carbocycles. The summed E-state index contributed by atoms with van der Waals surface area (Å²) in [7, 11) is 3.99. The third kappa shape index (κ3) is 2.26. The quantitative estimate of drug-likeness (QED) is 0.633. The molecule has 0 aliphatic rings. The standard InChI is InChI=1S/C9H11N.Fe/c1-10(2)8-9-6-4-3-5-7-9;/h3-7H,1-2H3;. The molecule has 0 amide bonds. The van der Waals surface area contributed by atoms with Crippen LogP contribution in [0.25, 0.3) is 0 Å². The molecule has 0 radical (unpaired) electrons. The van der Waals surface area contributed by atoms with Gasteiger partial charge in [0.25, 0.3) is 0 Å². The van der Waals surface area contributed by atoms with E-state index in [9.17, 15) is 0 Å². The molecule has 0 N–H and O–H groups in total. The summed E-state index contributed by atoms with van der Waals surface area (Å²) in [4.78, 5) is 2.01. The maximum absolute atomic E-state index is 3.95. The molecule has 1 nitrogen and oxygen atoms in total. The second kappa shape index (κ2) is 3.82. The minimum absolute atomic E-state index is 1.05. The van der Waals surface area contributed by atoms with Crippen molar-refractivity contribution in [2.24, 2.45) is 0 Å². The zero-order valence-corrected chi connectivity index (χ0v) is 7.79. The van der Waals surface area contributed by atoms with E-state index in [0.717, 1.165) is 4.54 Å². The van der Waals surface area contributed by atoms with Crippen LogP contribution in [0.5, 0.6) is 0 Å². The van der Waals surface area contributed by atoms with Crippen LogP contribution in [0.15, 0.2) is 30.3 Å². The molecule has 0 unspecified atom stereocenters. The Hall–Kier alpha value is -0.431. The van der Waals surface area contributed by atoms with Gasteiger partial charge in [0.2, 0.25) is 0 Å². The van der Waals surface area contributed by atoms with E-state index in [4.69, 9.17) is 0 Å². The van der Waals surface area contributed by atoms with E-state index in [1.807, 2.05) is 37.2 Å². The summed E-state index contributed by atoms with van der Waals surface area (Å²) >= 11 is 3.95. The van der Waals surface area contributed by atoms with E-state index in [1.54, 1.807) is 0 Å². The van der Waals surface area contributed by atoms with Gasteiger partial charge in [-0.3, -0.25) is 0 Å². The van der Waals surface area contributed by atoms with E-state index >= 15 is 0 Å². The van der Waals surface area contributed by atoms with Crippen LogP contribution >= 0.6 is 0 Å². The zero-order chi connectivity index (χ0) is 8.27. The van der Waals surface area contributed by atoms with Crippen LogP contribution in [0.3, 0.4) is 0 Å². The van der Waals surface area contributed by atoms with Crippen LogP contribution in [0.2, 0.25) is 0 Å². The summed E-state index contributed by atoms with van der Waals surface area (Å²) in [5, 5.41) is 0. The summed E-state index contributed by atoms with van der Waals surface area (Å²) in [5.41, 5.74) is 1.18. The molecular weight excluding hydrogens is 178 g/mol. The first-order valence-corrected chi connectivity index (χ1v) is 4.01. The monoisotopic (exact) mass is 189 g/mol.